The van der Waals surface area contributed by atoms with Gasteiger partial charge in [0.25, 0.3) is 0 Å². The average molecular weight is 508 g/mol. The molecule has 0 amide bonds. The molecule has 0 unspecified atom stereocenters. The number of rotatable bonds is 1. The lowest BCUT2D eigenvalue weighted by atomic mass is 9.82. The second kappa shape index (κ2) is 7.93. The van der Waals surface area contributed by atoms with Gasteiger partial charge in [0.15, 0.2) is 5.78 Å². The summed E-state index contributed by atoms with van der Waals surface area (Å²) in [5, 5.41) is 4.69. The van der Waals surface area contributed by atoms with Crippen LogP contribution in [0, 0.1) is 0 Å². The minimum absolute atomic E-state index is 0.0538. The summed E-state index contributed by atoms with van der Waals surface area (Å²) < 4.78 is 2.40. The Bertz CT molecular complexity index is 1920. The van der Waals surface area contributed by atoms with Gasteiger partial charge >= 0.3 is 0 Å². The molecule has 2 heteroatoms. The molecule has 1 aliphatic rings. The third-order valence-corrected chi connectivity index (χ3v) is 8.46. The van der Waals surface area contributed by atoms with Crippen LogP contribution in [0.3, 0.4) is 0 Å². The van der Waals surface area contributed by atoms with Gasteiger partial charge in [-0.15, -0.1) is 0 Å². The topological polar surface area (TPSA) is 22.0 Å². The van der Waals surface area contributed by atoms with Crippen molar-refractivity contribution in [3.63, 3.8) is 0 Å². The van der Waals surface area contributed by atoms with Crippen molar-refractivity contribution in [2.45, 2.75) is 52.4 Å². The first-order valence-electron chi connectivity index (χ1n) is 13.8. The van der Waals surface area contributed by atoms with Crippen LogP contribution in [-0.4, -0.2) is 10.4 Å². The van der Waals surface area contributed by atoms with Crippen LogP contribution in [0.25, 0.3) is 49.4 Å². The zero-order valence-electron chi connectivity index (χ0n) is 23.5. The van der Waals surface area contributed by atoms with E-state index in [1.165, 1.54) is 32.9 Å². The normalized spacial score (nSPS) is 13.4. The van der Waals surface area contributed by atoms with Gasteiger partial charge in [-0.05, 0) is 63.4 Å². The molecule has 0 aliphatic heterocycles. The molecule has 1 aliphatic carbocycles. The molecule has 0 bridgehead atoms. The zero-order chi connectivity index (χ0) is 27.3. The van der Waals surface area contributed by atoms with E-state index in [2.05, 4.69) is 107 Å². The zero-order valence-corrected chi connectivity index (χ0v) is 23.5. The van der Waals surface area contributed by atoms with Crippen LogP contribution in [0.15, 0.2) is 91.0 Å². The molecular weight excluding hydrogens is 474 g/mol. The number of carbonyl (C=O) groups excluding carboxylic acids is 1. The van der Waals surface area contributed by atoms with Gasteiger partial charge in [-0.3, -0.25) is 4.79 Å². The van der Waals surface area contributed by atoms with E-state index < -0.39 is 0 Å². The molecule has 6 aromatic rings. The smallest absolute Gasteiger partial charge is 0.194 e. The summed E-state index contributed by atoms with van der Waals surface area (Å²) in [6, 6.07) is 32.5. The number of benzene rings is 5. The molecule has 1 aromatic heterocycles. The standard InChI is InChI=1S/C37H33NO/c1-36(2,3)22-14-17-32-29(20-22)30-21-23(37(4,5)6)15-18-33(30)38(32)31-19-16-25-24-10-7-8-11-26(24)35(39)28-13-9-12-27(31)34(25)28/h7-21H,1-6H3. The van der Waals surface area contributed by atoms with Crippen molar-refractivity contribution >= 4 is 38.4 Å². The van der Waals surface area contributed by atoms with Gasteiger partial charge in [-0.1, -0.05) is 102 Å². The molecular formula is C37H33NO. The first-order chi connectivity index (χ1) is 18.5. The van der Waals surface area contributed by atoms with Gasteiger partial charge < -0.3 is 4.57 Å². The molecule has 7 rings (SSSR count). The van der Waals surface area contributed by atoms with Crippen molar-refractivity contribution in [1.29, 1.82) is 0 Å². The SMILES string of the molecule is CC(C)(C)c1ccc2c(c1)c1cc(C(C)(C)C)ccc1n2-c1ccc2c3c(cccc13)C(=O)c1ccccc1-2. The summed E-state index contributed by atoms with van der Waals surface area (Å²) in [4.78, 5) is 13.6. The van der Waals surface area contributed by atoms with Crippen molar-refractivity contribution in [2.24, 2.45) is 0 Å². The summed E-state index contributed by atoms with van der Waals surface area (Å²) in [7, 11) is 0. The van der Waals surface area contributed by atoms with Crippen LogP contribution in [0.4, 0.5) is 0 Å². The Morgan fingerprint density at radius 3 is 1.67 bits per heavy atom. The predicted molar refractivity (Wildman–Crippen MR) is 165 cm³/mol. The number of ketones is 1. The molecule has 5 aromatic carbocycles. The van der Waals surface area contributed by atoms with E-state index in [0.29, 0.717) is 0 Å². The average Bonchev–Trinajstić information content (AvgIpc) is 3.23. The second-order valence-corrected chi connectivity index (χ2v) is 13.0. The Hall–Kier alpha value is -4.17. The van der Waals surface area contributed by atoms with Crippen molar-refractivity contribution in [1.82, 2.24) is 4.57 Å². The lowest BCUT2D eigenvalue weighted by Gasteiger charge is -2.22. The van der Waals surface area contributed by atoms with E-state index in [1.807, 2.05) is 30.3 Å². The van der Waals surface area contributed by atoms with Gasteiger partial charge in [0.2, 0.25) is 0 Å². The summed E-state index contributed by atoms with van der Waals surface area (Å²) in [5.41, 5.74) is 9.96. The van der Waals surface area contributed by atoms with Crippen molar-refractivity contribution in [2.75, 3.05) is 0 Å². The van der Waals surface area contributed by atoms with Crippen LogP contribution >= 0.6 is 0 Å². The lowest BCUT2D eigenvalue weighted by Crippen LogP contribution is -2.11. The molecule has 1 heterocycles. The van der Waals surface area contributed by atoms with Crippen molar-refractivity contribution < 1.29 is 4.79 Å². The van der Waals surface area contributed by atoms with E-state index in [-0.39, 0.29) is 16.6 Å². The van der Waals surface area contributed by atoms with Gasteiger partial charge in [0.05, 0.1) is 16.7 Å². The number of aromatic nitrogens is 1. The third-order valence-electron chi connectivity index (χ3n) is 8.46. The third kappa shape index (κ3) is 3.44. The minimum atomic E-state index is 0.0538. The highest BCUT2D eigenvalue weighted by Gasteiger charge is 2.27. The molecule has 0 saturated carbocycles. The Morgan fingerprint density at radius 2 is 1.08 bits per heavy atom. The first-order valence-corrected chi connectivity index (χ1v) is 13.8. The Kier molecular flexibility index (Phi) is 4.86. The van der Waals surface area contributed by atoms with Gasteiger partial charge in [-0.2, -0.15) is 0 Å². The molecule has 2 nitrogen and oxygen atoms in total. The highest BCUT2D eigenvalue weighted by molar-refractivity contribution is 6.27. The van der Waals surface area contributed by atoms with E-state index >= 15 is 0 Å². The molecule has 0 atom stereocenters. The van der Waals surface area contributed by atoms with Crippen LogP contribution in [-0.2, 0) is 10.8 Å². The van der Waals surface area contributed by atoms with Crippen molar-refractivity contribution in [3.05, 3.63) is 113 Å². The fraction of sp³-hybridized carbons (Fsp3) is 0.216. The van der Waals surface area contributed by atoms with Crippen LogP contribution < -0.4 is 0 Å². The largest absolute Gasteiger partial charge is 0.309 e. The Morgan fingerprint density at radius 1 is 0.513 bits per heavy atom. The molecule has 0 N–H and O–H groups in total. The molecule has 0 spiro atoms. The monoisotopic (exact) mass is 507 g/mol. The van der Waals surface area contributed by atoms with Gasteiger partial charge in [0.1, 0.15) is 0 Å². The highest BCUT2D eigenvalue weighted by Crippen LogP contribution is 2.44. The Labute approximate surface area is 229 Å². The summed E-state index contributed by atoms with van der Waals surface area (Å²) in [5.74, 6) is 0.104. The maximum Gasteiger partial charge on any atom is 0.194 e. The van der Waals surface area contributed by atoms with Crippen LogP contribution in [0.2, 0.25) is 0 Å². The maximum atomic E-state index is 13.6. The highest BCUT2D eigenvalue weighted by atomic mass is 16.1. The number of nitrogens with zero attached hydrogens (tertiary/aromatic N) is 1. The van der Waals surface area contributed by atoms with E-state index in [1.54, 1.807) is 0 Å². The number of carbonyl (C=O) groups is 1. The fourth-order valence-electron chi connectivity index (χ4n) is 6.28. The number of hydrogen-bond donors (Lipinski definition) is 0. The lowest BCUT2D eigenvalue weighted by molar-refractivity contribution is 0.104. The minimum Gasteiger partial charge on any atom is -0.309 e. The Balaban J connectivity index is 1.60. The quantitative estimate of drug-likeness (QED) is 0.217. The van der Waals surface area contributed by atoms with Gasteiger partial charge in [0, 0.05) is 32.7 Å². The van der Waals surface area contributed by atoms with Crippen LogP contribution in [0.1, 0.15) is 68.6 Å². The summed E-state index contributed by atoms with van der Waals surface area (Å²) in [6.07, 6.45) is 0. The summed E-state index contributed by atoms with van der Waals surface area (Å²) >= 11 is 0. The molecule has 39 heavy (non-hydrogen) atoms. The molecule has 0 radical (unpaired) electrons. The second-order valence-electron chi connectivity index (χ2n) is 13.0. The van der Waals surface area contributed by atoms with Crippen LogP contribution in [0.5, 0.6) is 0 Å². The van der Waals surface area contributed by atoms with E-state index in [4.69, 9.17) is 0 Å². The van der Waals surface area contributed by atoms with E-state index in [0.717, 1.165) is 38.7 Å². The fourth-order valence-corrected chi connectivity index (χ4v) is 6.28. The first kappa shape index (κ1) is 23.9. The molecule has 0 saturated heterocycles. The van der Waals surface area contributed by atoms with Gasteiger partial charge in [-0.25, -0.2) is 0 Å². The number of hydrogen-bond acceptors (Lipinski definition) is 1. The van der Waals surface area contributed by atoms with Crippen molar-refractivity contribution in [3.8, 4) is 16.8 Å². The molecule has 192 valence electrons. The maximum absolute atomic E-state index is 13.6. The number of fused-ring (bicyclic) bond motifs is 5. The summed E-state index contributed by atoms with van der Waals surface area (Å²) in [6.45, 7) is 13.6. The van der Waals surface area contributed by atoms with E-state index in [9.17, 15) is 4.79 Å². The molecule has 0 fully saturated rings. The predicted octanol–water partition coefficient (Wildman–Crippen LogP) is 9.74.